The maximum absolute atomic E-state index is 4.80. The Bertz CT molecular complexity index is 564. The Morgan fingerprint density at radius 3 is 2.43 bits per heavy atom. The average Bonchev–Trinajstić information content (AvgIpc) is 2.53. The molecule has 0 saturated heterocycles. The molecule has 1 heterocycles. The van der Waals surface area contributed by atoms with Crippen LogP contribution in [0.5, 0.6) is 0 Å². The zero-order chi connectivity index (χ0) is 15.1. The number of benzene rings is 1. The summed E-state index contributed by atoms with van der Waals surface area (Å²) in [6.07, 6.45) is 4.33. The molecule has 0 fully saturated rings. The molecule has 2 rings (SSSR count). The van der Waals surface area contributed by atoms with E-state index in [-0.39, 0.29) is 0 Å². The van der Waals surface area contributed by atoms with Gasteiger partial charge < -0.3 is 5.32 Å². The van der Waals surface area contributed by atoms with Crippen molar-refractivity contribution in [2.24, 2.45) is 0 Å². The van der Waals surface area contributed by atoms with E-state index in [0.29, 0.717) is 0 Å². The molecule has 0 amide bonds. The van der Waals surface area contributed by atoms with E-state index in [9.17, 15) is 0 Å². The zero-order valence-electron chi connectivity index (χ0n) is 13.3. The molecule has 0 atom stereocenters. The van der Waals surface area contributed by atoms with Crippen molar-refractivity contribution in [2.45, 2.75) is 46.5 Å². The molecule has 3 heteroatoms. The van der Waals surface area contributed by atoms with E-state index in [1.807, 2.05) is 6.07 Å². The van der Waals surface area contributed by atoms with Gasteiger partial charge in [-0.25, -0.2) is 9.97 Å². The van der Waals surface area contributed by atoms with E-state index in [1.165, 1.54) is 0 Å². The molecule has 1 N–H and O–H groups in total. The fourth-order valence-corrected chi connectivity index (χ4v) is 2.30. The van der Waals surface area contributed by atoms with Gasteiger partial charge in [0.1, 0.15) is 11.6 Å². The summed E-state index contributed by atoms with van der Waals surface area (Å²) in [5.41, 5.74) is 3.35. The molecule has 0 aliphatic heterocycles. The summed E-state index contributed by atoms with van der Waals surface area (Å²) in [7, 11) is 0. The van der Waals surface area contributed by atoms with Gasteiger partial charge in [-0.3, -0.25) is 0 Å². The molecule has 0 aliphatic carbocycles. The number of hydrogen-bond acceptors (Lipinski definition) is 3. The van der Waals surface area contributed by atoms with Gasteiger partial charge >= 0.3 is 0 Å². The van der Waals surface area contributed by atoms with Crippen molar-refractivity contribution < 1.29 is 0 Å². The lowest BCUT2D eigenvalue weighted by Gasteiger charge is -2.14. The minimum Gasteiger partial charge on any atom is -0.370 e. The normalized spacial score (nSPS) is 10.6. The Kier molecular flexibility index (Phi) is 5.73. The molecular weight excluding hydrogens is 258 g/mol. The third kappa shape index (κ3) is 4.03. The molecule has 1 aromatic heterocycles. The minimum atomic E-state index is 0.942. The summed E-state index contributed by atoms with van der Waals surface area (Å²) in [5.74, 6) is 1.93. The van der Waals surface area contributed by atoms with E-state index in [1.54, 1.807) is 0 Å². The summed E-state index contributed by atoms with van der Waals surface area (Å²) in [6, 6.07) is 10.4. The van der Waals surface area contributed by atoms with Gasteiger partial charge in [0.15, 0.2) is 0 Å². The highest BCUT2D eigenvalue weighted by Crippen LogP contribution is 2.26. The monoisotopic (exact) mass is 283 g/mol. The smallest absolute Gasteiger partial charge is 0.133 e. The van der Waals surface area contributed by atoms with Crippen molar-refractivity contribution in [2.75, 3.05) is 11.9 Å². The summed E-state index contributed by atoms with van der Waals surface area (Å²) >= 11 is 0. The molecule has 3 nitrogen and oxygen atoms in total. The highest BCUT2D eigenvalue weighted by atomic mass is 15.0. The van der Waals surface area contributed by atoms with Crippen molar-refractivity contribution in [3.63, 3.8) is 0 Å². The van der Waals surface area contributed by atoms with E-state index >= 15 is 0 Å². The highest BCUT2D eigenvalue weighted by molar-refractivity contribution is 5.68. The van der Waals surface area contributed by atoms with E-state index < -0.39 is 0 Å². The van der Waals surface area contributed by atoms with Gasteiger partial charge in [0, 0.05) is 24.1 Å². The molecule has 0 spiro atoms. The quantitative estimate of drug-likeness (QED) is 0.806. The second-order valence-corrected chi connectivity index (χ2v) is 5.36. The number of hydrogen-bond donors (Lipinski definition) is 1. The number of aryl methyl sites for hydroxylation is 1. The van der Waals surface area contributed by atoms with Crippen LogP contribution in [0.15, 0.2) is 30.3 Å². The van der Waals surface area contributed by atoms with Crippen LogP contribution in [-0.4, -0.2) is 16.5 Å². The van der Waals surface area contributed by atoms with Crippen molar-refractivity contribution in [1.82, 2.24) is 9.97 Å². The molecule has 0 bridgehead atoms. The van der Waals surface area contributed by atoms with Crippen molar-refractivity contribution >= 4 is 5.82 Å². The Hall–Kier alpha value is -1.90. The van der Waals surface area contributed by atoms with Crippen LogP contribution in [0.3, 0.4) is 0 Å². The summed E-state index contributed by atoms with van der Waals surface area (Å²) in [5, 5.41) is 3.44. The maximum Gasteiger partial charge on any atom is 0.133 e. The van der Waals surface area contributed by atoms with Crippen LogP contribution >= 0.6 is 0 Å². The molecule has 2 aromatic rings. The lowest BCUT2D eigenvalue weighted by atomic mass is 10.1. The second-order valence-electron chi connectivity index (χ2n) is 5.36. The average molecular weight is 283 g/mol. The van der Waals surface area contributed by atoms with Crippen molar-refractivity contribution in [3.05, 3.63) is 41.7 Å². The Labute approximate surface area is 127 Å². The van der Waals surface area contributed by atoms with Crippen LogP contribution in [0.1, 0.15) is 44.5 Å². The number of nitrogens with zero attached hydrogens (tertiary/aromatic N) is 2. The van der Waals surface area contributed by atoms with Crippen LogP contribution in [0.4, 0.5) is 5.82 Å². The van der Waals surface area contributed by atoms with E-state index in [2.05, 4.69) is 50.4 Å². The van der Waals surface area contributed by atoms with Crippen LogP contribution in [0.25, 0.3) is 11.3 Å². The molecule has 0 saturated carbocycles. The number of nitrogens with one attached hydrogen (secondary N) is 1. The predicted octanol–water partition coefficient (Wildman–Crippen LogP) is 4.62. The van der Waals surface area contributed by atoms with Crippen molar-refractivity contribution in [1.29, 1.82) is 0 Å². The first-order valence-corrected chi connectivity index (χ1v) is 7.93. The molecule has 0 unspecified atom stereocenters. The van der Waals surface area contributed by atoms with Crippen LogP contribution in [0.2, 0.25) is 0 Å². The Morgan fingerprint density at radius 1 is 1.00 bits per heavy atom. The Morgan fingerprint density at radius 2 is 1.76 bits per heavy atom. The largest absolute Gasteiger partial charge is 0.370 e. The fourth-order valence-electron chi connectivity index (χ4n) is 2.30. The van der Waals surface area contributed by atoms with Gasteiger partial charge in [-0.05, 0) is 19.8 Å². The fraction of sp³-hybridized carbons (Fsp3) is 0.444. The maximum atomic E-state index is 4.80. The first-order valence-electron chi connectivity index (χ1n) is 7.93. The molecule has 0 aliphatic rings. The van der Waals surface area contributed by atoms with E-state index in [0.717, 1.165) is 60.7 Å². The highest BCUT2D eigenvalue weighted by Gasteiger charge is 2.12. The van der Waals surface area contributed by atoms with Gasteiger partial charge in [-0.1, -0.05) is 50.6 Å². The standard InChI is InChI=1S/C18H25N3/c1-4-6-12-16-20-17(15-10-8-7-9-11-15)14(3)18(21-16)19-13-5-2/h7-11H,4-6,12-13H2,1-3H3,(H,19,20,21). The van der Waals surface area contributed by atoms with Gasteiger partial charge in [0.2, 0.25) is 0 Å². The first kappa shape index (κ1) is 15.5. The number of rotatable bonds is 7. The summed E-state index contributed by atoms with van der Waals surface area (Å²) < 4.78 is 0. The topological polar surface area (TPSA) is 37.8 Å². The van der Waals surface area contributed by atoms with Crippen LogP contribution in [-0.2, 0) is 6.42 Å². The lowest BCUT2D eigenvalue weighted by Crippen LogP contribution is -2.09. The summed E-state index contributed by atoms with van der Waals surface area (Å²) in [4.78, 5) is 9.51. The third-order valence-electron chi connectivity index (χ3n) is 3.54. The van der Waals surface area contributed by atoms with E-state index in [4.69, 9.17) is 9.97 Å². The van der Waals surface area contributed by atoms with Gasteiger partial charge in [0.05, 0.1) is 5.69 Å². The molecule has 0 radical (unpaired) electrons. The lowest BCUT2D eigenvalue weighted by molar-refractivity contribution is 0.751. The van der Waals surface area contributed by atoms with Crippen LogP contribution < -0.4 is 5.32 Å². The molecule has 21 heavy (non-hydrogen) atoms. The third-order valence-corrected chi connectivity index (χ3v) is 3.54. The summed E-state index contributed by atoms with van der Waals surface area (Å²) in [6.45, 7) is 7.41. The zero-order valence-corrected chi connectivity index (χ0v) is 13.3. The molecular formula is C18H25N3. The first-order chi connectivity index (χ1) is 10.3. The van der Waals surface area contributed by atoms with Gasteiger partial charge in [-0.2, -0.15) is 0 Å². The van der Waals surface area contributed by atoms with Gasteiger partial charge in [0.25, 0.3) is 0 Å². The minimum absolute atomic E-state index is 0.942. The number of anilines is 1. The predicted molar refractivity (Wildman–Crippen MR) is 89.6 cm³/mol. The van der Waals surface area contributed by atoms with Gasteiger partial charge in [-0.15, -0.1) is 0 Å². The molecule has 112 valence electrons. The number of unbranched alkanes of at least 4 members (excludes halogenated alkanes) is 1. The Balaban J connectivity index is 2.41. The van der Waals surface area contributed by atoms with Crippen LogP contribution in [0, 0.1) is 6.92 Å². The SMILES string of the molecule is CCCCc1nc(NCCC)c(C)c(-c2ccccc2)n1. The van der Waals surface area contributed by atoms with Crippen molar-refractivity contribution in [3.8, 4) is 11.3 Å². The number of aromatic nitrogens is 2. The molecule has 1 aromatic carbocycles. The second kappa shape index (κ2) is 7.77.